The van der Waals surface area contributed by atoms with E-state index >= 15 is 0 Å². The van der Waals surface area contributed by atoms with Crippen molar-refractivity contribution >= 4 is 50.8 Å². The second-order valence-corrected chi connectivity index (χ2v) is 13.3. The van der Waals surface area contributed by atoms with Crippen LogP contribution in [0.1, 0.15) is 49.2 Å². The molecular weight excluding hydrogens is 551 g/mol. The van der Waals surface area contributed by atoms with Gasteiger partial charge in [0.05, 0.1) is 21.1 Å². The second kappa shape index (κ2) is 15.4. The minimum absolute atomic E-state index is 0.0262. The molecule has 2 atom stereocenters. The van der Waals surface area contributed by atoms with E-state index in [2.05, 4.69) is 35.9 Å². The number of hydrogen-bond acceptors (Lipinski definition) is 7. The van der Waals surface area contributed by atoms with Gasteiger partial charge in [-0.15, -0.1) is 11.3 Å². The van der Waals surface area contributed by atoms with Crippen LogP contribution in [0.3, 0.4) is 0 Å². The lowest BCUT2D eigenvalue weighted by atomic mass is 9.95. The molecule has 1 N–H and O–H groups in total. The molecule has 1 aliphatic heterocycles. The molecule has 3 aromatic rings. The quantitative estimate of drug-likeness (QED) is 0.229. The zero-order valence-corrected chi connectivity index (χ0v) is 25.8. The minimum Gasteiger partial charge on any atom is -0.353 e. The smallest absolute Gasteiger partial charge is 0.224 e. The molecule has 1 saturated heterocycles. The summed E-state index contributed by atoms with van der Waals surface area (Å²) >= 11 is 3.53. The van der Waals surface area contributed by atoms with Gasteiger partial charge in [0.25, 0.3) is 0 Å². The van der Waals surface area contributed by atoms with Gasteiger partial charge in [0.15, 0.2) is 5.78 Å². The Labute approximate surface area is 252 Å². The highest BCUT2D eigenvalue weighted by Crippen LogP contribution is 2.26. The number of aryl methyl sites for hydroxylation is 1. The van der Waals surface area contributed by atoms with Gasteiger partial charge in [-0.25, -0.2) is 4.98 Å². The standard InChI is InChI=1S/C33H41N3O3S2/c1-4-25-10-12-29-31(20-25)41-32(35-29)21-27(18-24(3)37)33(39)34-28(19-26-8-6-5-7-9-26)11-13-30(38)23(2)22-36-14-16-40-17-15-36/h5-10,12,20,27-28H,2,4,11,13-19,21-22H2,1,3H3,(H,34,39)/t27-,28+/m0/s1. The van der Waals surface area contributed by atoms with Crippen molar-refractivity contribution in [2.45, 2.75) is 58.4 Å². The van der Waals surface area contributed by atoms with E-state index in [0.29, 0.717) is 37.8 Å². The molecule has 218 valence electrons. The first-order chi connectivity index (χ1) is 19.8. The van der Waals surface area contributed by atoms with Crippen molar-refractivity contribution in [1.29, 1.82) is 0 Å². The van der Waals surface area contributed by atoms with Crippen molar-refractivity contribution < 1.29 is 14.4 Å². The van der Waals surface area contributed by atoms with Crippen molar-refractivity contribution in [2.75, 3.05) is 31.1 Å². The highest BCUT2D eigenvalue weighted by atomic mass is 32.2. The first-order valence-electron chi connectivity index (χ1n) is 14.5. The van der Waals surface area contributed by atoms with E-state index in [-0.39, 0.29) is 29.9 Å². The van der Waals surface area contributed by atoms with Crippen LogP contribution < -0.4 is 5.32 Å². The van der Waals surface area contributed by atoms with Gasteiger partial charge in [0.1, 0.15) is 5.78 Å². The van der Waals surface area contributed by atoms with Crippen molar-refractivity contribution in [1.82, 2.24) is 15.2 Å². The van der Waals surface area contributed by atoms with E-state index < -0.39 is 5.92 Å². The molecular formula is C33H41N3O3S2. The maximum absolute atomic E-state index is 13.6. The largest absolute Gasteiger partial charge is 0.353 e. The minimum atomic E-state index is -0.514. The maximum atomic E-state index is 13.6. The van der Waals surface area contributed by atoms with E-state index in [9.17, 15) is 14.4 Å². The molecule has 1 aliphatic rings. The van der Waals surface area contributed by atoms with Crippen LogP contribution in [0.4, 0.5) is 0 Å². The number of thiazole rings is 1. The molecule has 1 fully saturated rings. The summed E-state index contributed by atoms with van der Waals surface area (Å²) in [4.78, 5) is 45.9. The molecule has 1 amide bonds. The predicted molar refractivity (Wildman–Crippen MR) is 171 cm³/mol. The maximum Gasteiger partial charge on any atom is 0.224 e. The predicted octanol–water partition coefficient (Wildman–Crippen LogP) is 5.68. The summed E-state index contributed by atoms with van der Waals surface area (Å²) in [5, 5.41) is 4.07. The lowest BCUT2D eigenvalue weighted by molar-refractivity contribution is -0.129. The summed E-state index contributed by atoms with van der Waals surface area (Å²) in [5.74, 6) is 1.53. The van der Waals surface area contributed by atoms with E-state index in [1.807, 2.05) is 48.2 Å². The molecule has 6 nitrogen and oxygen atoms in total. The van der Waals surface area contributed by atoms with Gasteiger partial charge in [-0.1, -0.05) is 49.9 Å². The number of rotatable bonds is 15. The van der Waals surface area contributed by atoms with Crippen LogP contribution in [-0.2, 0) is 33.6 Å². The van der Waals surface area contributed by atoms with E-state index in [0.717, 1.165) is 51.8 Å². The summed E-state index contributed by atoms with van der Waals surface area (Å²) in [7, 11) is 0. The lowest BCUT2D eigenvalue weighted by Gasteiger charge is -2.26. The van der Waals surface area contributed by atoms with Crippen LogP contribution in [0.25, 0.3) is 10.2 Å². The molecule has 1 aromatic heterocycles. The SMILES string of the molecule is C=C(CN1CCSCC1)C(=O)CC[C@H](Cc1ccccc1)NC(=O)[C@@H](CC(C)=O)Cc1nc2ccc(CC)cc2s1. The fourth-order valence-corrected chi connectivity index (χ4v) is 7.27. The van der Waals surface area contributed by atoms with E-state index in [1.54, 1.807) is 11.3 Å². The lowest BCUT2D eigenvalue weighted by Crippen LogP contribution is -2.41. The molecule has 8 heteroatoms. The average Bonchev–Trinajstić information content (AvgIpc) is 3.37. The molecule has 0 spiro atoms. The van der Waals surface area contributed by atoms with Crippen LogP contribution >= 0.6 is 23.1 Å². The van der Waals surface area contributed by atoms with Gasteiger partial charge in [0, 0.05) is 62.0 Å². The first-order valence-corrected chi connectivity index (χ1v) is 16.5. The highest BCUT2D eigenvalue weighted by Gasteiger charge is 2.26. The number of carbonyl (C=O) groups excluding carboxylic acids is 3. The molecule has 0 bridgehead atoms. The zero-order valence-electron chi connectivity index (χ0n) is 24.2. The number of nitrogens with one attached hydrogen (secondary N) is 1. The highest BCUT2D eigenvalue weighted by molar-refractivity contribution is 7.99. The van der Waals surface area contributed by atoms with Crippen LogP contribution in [0.15, 0.2) is 60.7 Å². The molecule has 2 aromatic carbocycles. The molecule has 2 heterocycles. The van der Waals surface area contributed by atoms with Gasteiger partial charge >= 0.3 is 0 Å². The van der Waals surface area contributed by atoms with Crippen LogP contribution in [-0.4, -0.2) is 64.5 Å². The van der Waals surface area contributed by atoms with Gasteiger partial charge in [-0.2, -0.15) is 11.8 Å². The van der Waals surface area contributed by atoms with Crippen molar-refractivity contribution in [3.05, 3.63) is 76.8 Å². The Morgan fingerprint density at radius 2 is 1.80 bits per heavy atom. The molecule has 0 unspecified atom stereocenters. The van der Waals surface area contributed by atoms with Crippen LogP contribution in [0, 0.1) is 5.92 Å². The second-order valence-electron chi connectivity index (χ2n) is 10.9. The summed E-state index contributed by atoms with van der Waals surface area (Å²) in [6.45, 7) is 10.3. The Morgan fingerprint density at radius 1 is 1.05 bits per heavy atom. The van der Waals surface area contributed by atoms with Crippen molar-refractivity contribution in [3.63, 3.8) is 0 Å². The van der Waals surface area contributed by atoms with Crippen LogP contribution in [0.2, 0.25) is 0 Å². The number of ketones is 2. The Kier molecular flexibility index (Phi) is 11.7. The summed E-state index contributed by atoms with van der Waals surface area (Å²) in [6, 6.07) is 16.0. The van der Waals surface area contributed by atoms with Crippen molar-refractivity contribution in [2.24, 2.45) is 5.92 Å². The number of amides is 1. The van der Waals surface area contributed by atoms with Gasteiger partial charge < -0.3 is 10.1 Å². The average molecular weight is 592 g/mol. The number of fused-ring (bicyclic) bond motifs is 1. The Bertz CT molecular complexity index is 1350. The number of hydrogen-bond donors (Lipinski definition) is 1. The fraction of sp³-hybridized carbons (Fsp3) is 0.455. The zero-order chi connectivity index (χ0) is 29.2. The molecule has 0 radical (unpaired) electrons. The number of benzene rings is 2. The van der Waals surface area contributed by atoms with Crippen LogP contribution in [0.5, 0.6) is 0 Å². The molecule has 0 aliphatic carbocycles. The monoisotopic (exact) mass is 591 g/mol. The first kappa shape index (κ1) is 31.1. The summed E-state index contributed by atoms with van der Waals surface area (Å²) in [6.07, 6.45) is 2.98. The Balaban J connectivity index is 1.43. The third-order valence-corrected chi connectivity index (χ3v) is 9.52. The third-order valence-electron chi connectivity index (χ3n) is 7.53. The number of Topliss-reactive ketones (excluding diaryl/α,β-unsaturated/α-hetero) is 2. The van der Waals surface area contributed by atoms with Gasteiger partial charge in [-0.05, 0) is 49.4 Å². The summed E-state index contributed by atoms with van der Waals surface area (Å²) in [5.41, 5.74) is 3.91. The Hall–Kier alpha value is -2.81. The number of carbonyl (C=O) groups is 3. The number of thioether (sulfide) groups is 1. The van der Waals surface area contributed by atoms with Crippen molar-refractivity contribution in [3.8, 4) is 0 Å². The molecule has 4 rings (SSSR count). The molecule has 0 saturated carbocycles. The summed E-state index contributed by atoms with van der Waals surface area (Å²) < 4.78 is 1.10. The van der Waals surface area contributed by atoms with E-state index in [4.69, 9.17) is 4.98 Å². The van der Waals surface area contributed by atoms with E-state index in [1.165, 1.54) is 12.5 Å². The van der Waals surface area contributed by atoms with Gasteiger partial charge in [0.2, 0.25) is 5.91 Å². The normalized spacial score (nSPS) is 15.4. The van der Waals surface area contributed by atoms with Gasteiger partial charge in [-0.3, -0.25) is 14.5 Å². The number of aromatic nitrogens is 1. The topological polar surface area (TPSA) is 79.4 Å². The third kappa shape index (κ3) is 9.62. The Morgan fingerprint density at radius 3 is 2.51 bits per heavy atom. The molecule has 41 heavy (non-hydrogen) atoms. The number of nitrogens with zero attached hydrogens (tertiary/aromatic N) is 2. The fourth-order valence-electron chi connectivity index (χ4n) is 5.18.